The lowest BCUT2D eigenvalue weighted by atomic mass is 10.1. The Hall–Kier alpha value is -1.51. The van der Waals surface area contributed by atoms with Gasteiger partial charge in [-0.15, -0.1) is 10.2 Å². The fraction of sp³-hybridized carbons (Fsp3) is 0.333. The molecular weight excluding hydrogens is 296 g/mol. The third-order valence-corrected chi connectivity index (χ3v) is 4.52. The molecule has 0 aliphatic heterocycles. The SMILES string of the molecule is CCNCc1ccc(CS(=O)(=O)Nc2nncs2)cc1. The Labute approximate surface area is 122 Å². The maximum atomic E-state index is 11.9. The number of hydrogen-bond donors (Lipinski definition) is 2. The van der Waals surface area contributed by atoms with Crippen LogP contribution in [0.4, 0.5) is 5.13 Å². The van der Waals surface area contributed by atoms with Crippen LogP contribution in [-0.4, -0.2) is 25.2 Å². The van der Waals surface area contributed by atoms with Crippen LogP contribution in [0.3, 0.4) is 0 Å². The summed E-state index contributed by atoms with van der Waals surface area (Å²) in [4.78, 5) is 0. The molecule has 0 atom stereocenters. The van der Waals surface area contributed by atoms with Gasteiger partial charge in [-0.05, 0) is 17.7 Å². The summed E-state index contributed by atoms with van der Waals surface area (Å²) in [6.07, 6.45) is 0. The van der Waals surface area contributed by atoms with Crippen molar-refractivity contribution in [2.24, 2.45) is 0 Å². The molecule has 0 bridgehead atoms. The summed E-state index contributed by atoms with van der Waals surface area (Å²) in [5.41, 5.74) is 3.35. The lowest BCUT2D eigenvalue weighted by Gasteiger charge is -2.06. The Morgan fingerprint density at radius 2 is 1.90 bits per heavy atom. The molecule has 108 valence electrons. The molecule has 0 radical (unpaired) electrons. The molecule has 0 aliphatic carbocycles. The molecule has 0 fully saturated rings. The standard InChI is InChI=1S/C12H16N4O2S2/c1-2-13-7-10-3-5-11(6-4-10)8-20(17,18)16-12-15-14-9-19-12/h3-6,9,13H,2,7-8H2,1H3,(H,15,16). The van der Waals surface area contributed by atoms with Gasteiger partial charge >= 0.3 is 0 Å². The van der Waals surface area contributed by atoms with Crippen molar-refractivity contribution in [3.05, 3.63) is 40.9 Å². The van der Waals surface area contributed by atoms with Crippen LogP contribution < -0.4 is 10.0 Å². The lowest BCUT2D eigenvalue weighted by molar-refractivity contribution is 0.600. The maximum absolute atomic E-state index is 11.9. The zero-order valence-corrected chi connectivity index (χ0v) is 12.7. The van der Waals surface area contributed by atoms with E-state index in [2.05, 4.69) is 20.2 Å². The summed E-state index contributed by atoms with van der Waals surface area (Å²) in [7, 11) is -3.45. The van der Waals surface area contributed by atoms with E-state index in [-0.39, 0.29) is 10.9 Å². The van der Waals surface area contributed by atoms with Crippen LogP contribution in [0, 0.1) is 0 Å². The summed E-state index contributed by atoms with van der Waals surface area (Å²) in [5.74, 6) is -0.0753. The fourth-order valence-corrected chi connectivity index (χ4v) is 3.50. The van der Waals surface area contributed by atoms with Gasteiger partial charge in [0.15, 0.2) is 0 Å². The first-order valence-electron chi connectivity index (χ1n) is 6.14. The zero-order chi connectivity index (χ0) is 14.4. The summed E-state index contributed by atoms with van der Waals surface area (Å²) in [6, 6.07) is 7.51. The highest BCUT2D eigenvalue weighted by molar-refractivity contribution is 7.92. The van der Waals surface area contributed by atoms with E-state index in [1.165, 1.54) is 5.51 Å². The van der Waals surface area contributed by atoms with E-state index in [1.807, 2.05) is 31.2 Å². The third kappa shape index (κ3) is 4.55. The molecule has 8 heteroatoms. The number of sulfonamides is 1. The number of benzene rings is 1. The predicted molar refractivity (Wildman–Crippen MR) is 80.0 cm³/mol. The number of aromatic nitrogens is 2. The van der Waals surface area contributed by atoms with E-state index in [0.29, 0.717) is 0 Å². The first kappa shape index (κ1) is 14.9. The minimum absolute atomic E-state index is 0.0753. The highest BCUT2D eigenvalue weighted by Crippen LogP contribution is 2.14. The molecule has 2 rings (SSSR count). The van der Waals surface area contributed by atoms with E-state index >= 15 is 0 Å². The topological polar surface area (TPSA) is 84.0 Å². The van der Waals surface area contributed by atoms with Crippen LogP contribution in [0.25, 0.3) is 0 Å². The fourth-order valence-electron chi connectivity index (χ4n) is 1.63. The highest BCUT2D eigenvalue weighted by atomic mass is 32.2. The Balaban J connectivity index is 1.98. The summed E-state index contributed by atoms with van der Waals surface area (Å²) >= 11 is 1.15. The summed E-state index contributed by atoms with van der Waals surface area (Å²) in [5, 5.41) is 10.8. The van der Waals surface area contributed by atoms with Gasteiger partial charge in [0.1, 0.15) is 5.51 Å². The number of anilines is 1. The maximum Gasteiger partial charge on any atom is 0.238 e. The van der Waals surface area contributed by atoms with Crippen molar-refractivity contribution in [2.45, 2.75) is 19.2 Å². The van der Waals surface area contributed by atoms with Gasteiger partial charge in [0.2, 0.25) is 15.2 Å². The van der Waals surface area contributed by atoms with Crippen LogP contribution >= 0.6 is 11.3 Å². The van der Waals surface area contributed by atoms with Crippen molar-refractivity contribution in [1.82, 2.24) is 15.5 Å². The first-order valence-corrected chi connectivity index (χ1v) is 8.67. The second-order valence-corrected chi connectivity index (χ2v) is 6.76. The first-order chi connectivity index (χ1) is 9.59. The highest BCUT2D eigenvalue weighted by Gasteiger charge is 2.13. The Bertz CT molecular complexity index is 624. The van der Waals surface area contributed by atoms with Gasteiger partial charge in [0, 0.05) is 6.54 Å². The average Bonchev–Trinajstić information content (AvgIpc) is 2.89. The molecule has 20 heavy (non-hydrogen) atoms. The molecular formula is C12H16N4O2S2. The average molecular weight is 312 g/mol. The molecule has 1 aromatic heterocycles. The van der Waals surface area contributed by atoms with Gasteiger partial charge < -0.3 is 5.32 Å². The van der Waals surface area contributed by atoms with Gasteiger partial charge in [0.25, 0.3) is 0 Å². The molecule has 0 saturated heterocycles. The van der Waals surface area contributed by atoms with Crippen LogP contribution in [-0.2, 0) is 22.3 Å². The molecule has 6 nitrogen and oxygen atoms in total. The third-order valence-electron chi connectivity index (χ3n) is 2.56. The largest absolute Gasteiger partial charge is 0.313 e. The molecule has 1 heterocycles. The normalized spacial score (nSPS) is 11.4. The molecule has 0 saturated carbocycles. The molecule has 0 unspecified atom stereocenters. The minimum atomic E-state index is -3.45. The second-order valence-electron chi connectivity index (χ2n) is 4.20. The van der Waals surface area contributed by atoms with Crippen molar-refractivity contribution < 1.29 is 8.42 Å². The molecule has 2 N–H and O–H groups in total. The lowest BCUT2D eigenvalue weighted by Crippen LogP contribution is -2.15. The van der Waals surface area contributed by atoms with E-state index in [9.17, 15) is 8.42 Å². The monoisotopic (exact) mass is 312 g/mol. The second kappa shape index (κ2) is 6.78. The number of rotatable bonds is 7. The molecule has 2 aromatic rings. The van der Waals surface area contributed by atoms with Crippen molar-refractivity contribution in [3.8, 4) is 0 Å². The van der Waals surface area contributed by atoms with Crippen molar-refractivity contribution >= 4 is 26.5 Å². The van der Waals surface area contributed by atoms with Crippen LogP contribution in [0.1, 0.15) is 18.1 Å². The van der Waals surface area contributed by atoms with Crippen molar-refractivity contribution in [1.29, 1.82) is 0 Å². The number of hydrogen-bond acceptors (Lipinski definition) is 6. The number of nitrogens with zero attached hydrogens (tertiary/aromatic N) is 2. The summed E-state index contributed by atoms with van der Waals surface area (Å²) in [6.45, 7) is 3.73. The molecule has 0 aliphatic rings. The van der Waals surface area contributed by atoms with Crippen molar-refractivity contribution in [2.75, 3.05) is 11.3 Å². The minimum Gasteiger partial charge on any atom is -0.313 e. The summed E-state index contributed by atoms with van der Waals surface area (Å²) < 4.78 is 26.3. The quantitative estimate of drug-likeness (QED) is 0.811. The van der Waals surface area contributed by atoms with E-state index in [1.54, 1.807) is 0 Å². The van der Waals surface area contributed by atoms with Gasteiger partial charge in [-0.2, -0.15) is 0 Å². The Morgan fingerprint density at radius 3 is 2.50 bits per heavy atom. The predicted octanol–water partition coefficient (Wildman–Crippen LogP) is 1.59. The van der Waals surface area contributed by atoms with E-state index in [0.717, 1.165) is 35.6 Å². The van der Waals surface area contributed by atoms with Crippen LogP contribution in [0.5, 0.6) is 0 Å². The molecule has 0 amide bonds. The zero-order valence-electron chi connectivity index (χ0n) is 11.0. The van der Waals surface area contributed by atoms with Gasteiger partial charge in [0.05, 0.1) is 5.75 Å². The Morgan fingerprint density at radius 1 is 1.20 bits per heavy atom. The Kier molecular flexibility index (Phi) is 5.05. The van der Waals surface area contributed by atoms with E-state index in [4.69, 9.17) is 0 Å². The van der Waals surface area contributed by atoms with E-state index < -0.39 is 10.0 Å². The van der Waals surface area contributed by atoms with Crippen molar-refractivity contribution in [3.63, 3.8) is 0 Å². The van der Waals surface area contributed by atoms with Gasteiger partial charge in [-0.3, -0.25) is 4.72 Å². The molecule has 0 spiro atoms. The molecule has 1 aromatic carbocycles. The van der Waals surface area contributed by atoms with Crippen LogP contribution in [0.15, 0.2) is 29.8 Å². The van der Waals surface area contributed by atoms with Gasteiger partial charge in [-0.25, -0.2) is 8.42 Å². The van der Waals surface area contributed by atoms with Crippen LogP contribution in [0.2, 0.25) is 0 Å². The number of nitrogens with one attached hydrogen (secondary N) is 2. The smallest absolute Gasteiger partial charge is 0.238 e. The van der Waals surface area contributed by atoms with Gasteiger partial charge in [-0.1, -0.05) is 42.5 Å².